The molecule has 30 heavy (non-hydrogen) atoms. The molecule has 2 rings (SSSR count). The summed E-state index contributed by atoms with van der Waals surface area (Å²) in [7, 11) is -3.09. The van der Waals surface area contributed by atoms with Crippen LogP contribution in [-0.2, 0) is 19.8 Å². The van der Waals surface area contributed by atoms with Crippen LogP contribution in [0.1, 0.15) is 37.8 Å². The number of aromatic nitrogens is 1. The molecule has 0 radical (unpaired) electrons. The highest BCUT2D eigenvalue weighted by molar-refractivity contribution is 7.53. The van der Waals surface area contributed by atoms with Crippen LogP contribution in [0.25, 0.3) is 0 Å². The number of halogens is 3. The molecule has 9 heteroatoms. The standard InChI is InChI=1S/C21H24F3N2O3P/c1-3-28-30(27,29-4-2)15-7-5-6-10-17-11-9-14-25-20(17)26-19-13-8-12-18(16-19)21(22,23)24/h8-9,11-14,16H,3-5,7,15H2,1-2H3,(H,25,26). The van der Waals surface area contributed by atoms with Gasteiger partial charge in [0.15, 0.2) is 0 Å². The number of pyridine rings is 1. The van der Waals surface area contributed by atoms with Gasteiger partial charge in [-0.1, -0.05) is 17.9 Å². The molecule has 0 spiro atoms. The Morgan fingerprint density at radius 1 is 1.13 bits per heavy atom. The minimum Gasteiger partial charge on any atom is -0.339 e. The number of unbranched alkanes of at least 4 members (excludes halogenated alkanes) is 1. The number of alkyl halides is 3. The van der Waals surface area contributed by atoms with E-state index in [1.165, 1.54) is 18.3 Å². The summed E-state index contributed by atoms with van der Waals surface area (Å²) in [5.41, 5.74) is 0.0674. The van der Waals surface area contributed by atoms with Crippen LogP contribution in [0, 0.1) is 11.8 Å². The smallest absolute Gasteiger partial charge is 0.339 e. The van der Waals surface area contributed by atoms with Crippen molar-refractivity contribution in [2.75, 3.05) is 24.7 Å². The molecular formula is C21H24F3N2O3P. The third-order valence-corrected chi connectivity index (χ3v) is 6.04. The lowest BCUT2D eigenvalue weighted by Crippen LogP contribution is -2.05. The molecule has 2 aromatic rings. The number of rotatable bonds is 9. The van der Waals surface area contributed by atoms with E-state index in [9.17, 15) is 17.7 Å². The van der Waals surface area contributed by atoms with Gasteiger partial charge in [0.05, 0.1) is 30.5 Å². The van der Waals surface area contributed by atoms with Gasteiger partial charge in [-0.2, -0.15) is 13.2 Å². The Morgan fingerprint density at radius 3 is 2.53 bits per heavy atom. The number of hydrogen-bond acceptors (Lipinski definition) is 5. The molecule has 1 heterocycles. The molecule has 5 nitrogen and oxygen atoms in total. The summed E-state index contributed by atoms with van der Waals surface area (Å²) >= 11 is 0. The SMILES string of the molecule is CCOP(=O)(CCCC#Cc1cccnc1Nc1cccc(C(F)(F)F)c1)OCC. The van der Waals surface area contributed by atoms with Crippen molar-refractivity contribution in [3.63, 3.8) is 0 Å². The van der Waals surface area contributed by atoms with Crippen molar-refractivity contribution in [2.45, 2.75) is 32.9 Å². The molecule has 0 aliphatic carbocycles. The van der Waals surface area contributed by atoms with Gasteiger partial charge in [0.1, 0.15) is 5.82 Å². The minimum absolute atomic E-state index is 0.265. The van der Waals surface area contributed by atoms with Crippen molar-refractivity contribution >= 4 is 19.1 Å². The van der Waals surface area contributed by atoms with E-state index < -0.39 is 19.3 Å². The quantitative estimate of drug-likeness (QED) is 0.284. The first-order valence-electron chi connectivity index (χ1n) is 9.53. The maximum atomic E-state index is 12.9. The van der Waals surface area contributed by atoms with E-state index in [1.54, 1.807) is 26.0 Å². The van der Waals surface area contributed by atoms with E-state index in [0.29, 0.717) is 37.4 Å². The Labute approximate surface area is 174 Å². The first-order valence-corrected chi connectivity index (χ1v) is 11.3. The zero-order valence-electron chi connectivity index (χ0n) is 16.8. The fourth-order valence-corrected chi connectivity index (χ4v) is 4.26. The summed E-state index contributed by atoms with van der Waals surface area (Å²) in [5, 5.41) is 2.89. The van der Waals surface area contributed by atoms with Crippen LogP contribution in [0.5, 0.6) is 0 Å². The second kappa shape index (κ2) is 11.2. The Bertz CT molecular complexity index is 929. The van der Waals surface area contributed by atoms with Crippen LogP contribution >= 0.6 is 7.60 Å². The van der Waals surface area contributed by atoms with Gasteiger partial charge in [-0.05, 0) is 50.6 Å². The van der Waals surface area contributed by atoms with Gasteiger partial charge in [-0.25, -0.2) is 4.98 Å². The average Bonchev–Trinajstić information content (AvgIpc) is 2.69. The molecule has 0 aliphatic rings. The lowest BCUT2D eigenvalue weighted by molar-refractivity contribution is -0.137. The normalized spacial score (nSPS) is 11.6. The highest BCUT2D eigenvalue weighted by Crippen LogP contribution is 2.48. The highest BCUT2D eigenvalue weighted by atomic mass is 31.2. The molecule has 1 aromatic heterocycles. The van der Waals surface area contributed by atoms with E-state index in [0.717, 1.165) is 12.1 Å². The maximum absolute atomic E-state index is 12.9. The van der Waals surface area contributed by atoms with Gasteiger partial charge < -0.3 is 14.4 Å². The van der Waals surface area contributed by atoms with E-state index in [1.807, 2.05) is 0 Å². The molecule has 0 aliphatic heterocycles. The minimum atomic E-state index is -4.42. The van der Waals surface area contributed by atoms with Crippen molar-refractivity contribution in [3.8, 4) is 11.8 Å². The van der Waals surface area contributed by atoms with Gasteiger partial charge in [0.2, 0.25) is 0 Å². The van der Waals surface area contributed by atoms with E-state index in [-0.39, 0.29) is 11.8 Å². The van der Waals surface area contributed by atoms with Crippen molar-refractivity contribution < 1.29 is 26.8 Å². The lowest BCUT2D eigenvalue weighted by Gasteiger charge is -2.15. The van der Waals surface area contributed by atoms with Crippen molar-refractivity contribution in [1.82, 2.24) is 4.98 Å². The molecule has 0 saturated carbocycles. The second-order valence-electron chi connectivity index (χ2n) is 6.18. The van der Waals surface area contributed by atoms with E-state index in [4.69, 9.17) is 9.05 Å². The second-order valence-corrected chi connectivity index (χ2v) is 8.36. The summed E-state index contributed by atoms with van der Waals surface area (Å²) in [6, 6.07) is 8.30. The zero-order chi connectivity index (χ0) is 22.0. The molecule has 0 unspecified atom stereocenters. The average molecular weight is 440 g/mol. The summed E-state index contributed by atoms with van der Waals surface area (Å²) in [5.74, 6) is 6.30. The number of nitrogens with zero attached hydrogens (tertiary/aromatic N) is 1. The van der Waals surface area contributed by atoms with Crippen LogP contribution in [0.15, 0.2) is 42.6 Å². The summed E-state index contributed by atoms with van der Waals surface area (Å²) in [4.78, 5) is 4.17. The molecule has 162 valence electrons. The van der Waals surface area contributed by atoms with Gasteiger partial charge in [0.25, 0.3) is 0 Å². The van der Waals surface area contributed by atoms with Crippen molar-refractivity contribution in [3.05, 3.63) is 53.7 Å². The summed E-state index contributed by atoms with van der Waals surface area (Å²) < 4.78 is 61.6. The summed E-state index contributed by atoms with van der Waals surface area (Å²) in [6.45, 7) is 4.13. The third-order valence-electron chi connectivity index (χ3n) is 3.87. The molecule has 0 fully saturated rings. The molecule has 0 saturated heterocycles. The fraction of sp³-hybridized carbons (Fsp3) is 0.381. The Balaban J connectivity index is 2.04. The third kappa shape index (κ3) is 7.49. The first kappa shape index (κ1) is 23.9. The van der Waals surface area contributed by atoms with Crippen LogP contribution in [0.3, 0.4) is 0 Å². The van der Waals surface area contributed by atoms with Gasteiger partial charge in [-0.15, -0.1) is 0 Å². The Morgan fingerprint density at radius 2 is 1.87 bits per heavy atom. The predicted octanol–water partition coefficient (Wildman–Crippen LogP) is 6.24. The summed E-state index contributed by atoms with van der Waals surface area (Å²) in [6.07, 6.45) is -1.64. The molecule has 0 amide bonds. The number of anilines is 2. The fourth-order valence-electron chi connectivity index (χ4n) is 2.59. The largest absolute Gasteiger partial charge is 0.416 e. The highest BCUT2D eigenvalue weighted by Gasteiger charge is 2.30. The molecule has 0 bridgehead atoms. The topological polar surface area (TPSA) is 60.5 Å². The van der Waals surface area contributed by atoms with Crippen LogP contribution in [-0.4, -0.2) is 24.4 Å². The van der Waals surface area contributed by atoms with Gasteiger partial charge >= 0.3 is 13.8 Å². The van der Waals surface area contributed by atoms with Gasteiger partial charge in [0, 0.05) is 18.3 Å². The van der Waals surface area contributed by atoms with E-state index in [2.05, 4.69) is 22.1 Å². The van der Waals surface area contributed by atoms with Crippen LogP contribution in [0.4, 0.5) is 24.7 Å². The van der Waals surface area contributed by atoms with E-state index >= 15 is 0 Å². The van der Waals surface area contributed by atoms with Crippen LogP contribution in [0.2, 0.25) is 0 Å². The van der Waals surface area contributed by atoms with Crippen molar-refractivity contribution in [2.24, 2.45) is 0 Å². The van der Waals surface area contributed by atoms with Crippen LogP contribution < -0.4 is 5.32 Å². The molecular weight excluding hydrogens is 416 g/mol. The maximum Gasteiger partial charge on any atom is 0.416 e. The number of nitrogens with one attached hydrogen (secondary N) is 1. The number of hydrogen-bond donors (Lipinski definition) is 1. The lowest BCUT2D eigenvalue weighted by atomic mass is 10.2. The molecule has 1 N–H and O–H groups in total. The number of benzene rings is 1. The first-order chi connectivity index (χ1) is 14.3. The zero-order valence-corrected chi connectivity index (χ0v) is 17.7. The van der Waals surface area contributed by atoms with Gasteiger partial charge in [-0.3, -0.25) is 4.57 Å². The predicted molar refractivity (Wildman–Crippen MR) is 111 cm³/mol. The Kier molecular flexibility index (Phi) is 8.91. The molecule has 1 aromatic carbocycles. The van der Waals surface area contributed by atoms with Crippen molar-refractivity contribution in [1.29, 1.82) is 0 Å². The molecule has 0 atom stereocenters. The Hall–Kier alpha value is -2.33. The monoisotopic (exact) mass is 440 g/mol.